The highest BCUT2D eigenvalue weighted by molar-refractivity contribution is 5.91. The minimum absolute atomic E-state index is 0.0664. The van der Waals surface area contributed by atoms with E-state index in [9.17, 15) is 9.18 Å². The van der Waals surface area contributed by atoms with Crippen LogP contribution in [0, 0.1) is 5.82 Å². The van der Waals surface area contributed by atoms with Crippen molar-refractivity contribution in [2.24, 2.45) is 0 Å². The molecule has 2 aromatic rings. The molecule has 1 aliphatic rings. The molecule has 1 unspecified atom stereocenters. The Balaban J connectivity index is 1.67. The van der Waals surface area contributed by atoms with Gasteiger partial charge in [0.05, 0.1) is 6.61 Å². The Morgan fingerprint density at radius 2 is 1.95 bits per heavy atom. The van der Waals surface area contributed by atoms with E-state index in [-0.39, 0.29) is 17.6 Å². The van der Waals surface area contributed by atoms with E-state index in [0.717, 1.165) is 17.7 Å². The first-order chi connectivity index (χ1) is 10.2. The lowest BCUT2D eigenvalue weighted by atomic mass is 9.90. The van der Waals surface area contributed by atoms with Gasteiger partial charge in [0.25, 0.3) is 0 Å². The smallest absolute Gasteiger partial charge is 0.224 e. The third-order valence-electron chi connectivity index (χ3n) is 3.64. The Bertz CT molecular complexity index is 639. The minimum atomic E-state index is -0.314. The van der Waals surface area contributed by atoms with Crippen LogP contribution in [-0.4, -0.2) is 12.5 Å². The Kier molecular flexibility index (Phi) is 3.86. The van der Waals surface area contributed by atoms with Gasteiger partial charge in [0, 0.05) is 12.1 Å². The molecule has 0 aliphatic carbocycles. The van der Waals surface area contributed by atoms with E-state index in [1.165, 1.54) is 12.1 Å². The molecule has 0 saturated carbocycles. The van der Waals surface area contributed by atoms with Crippen molar-refractivity contribution in [3.05, 3.63) is 59.9 Å². The van der Waals surface area contributed by atoms with Gasteiger partial charge in [-0.1, -0.05) is 18.2 Å². The number of anilines is 1. The molecule has 0 bridgehead atoms. The predicted molar refractivity (Wildman–Crippen MR) is 78.9 cm³/mol. The van der Waals surface area contributed by atoms with E-state index in [4.69, 9.17) is 4.74 Å². The molecule has 108 valence electrons. The number of fused-ring (bicyclic) bond motifs is 1. The summed E-state index contributed by atoms with van der Waals surface area (Å²) in [6.45, 7) is 0.630. The average Bonchev–Trinajstić information content (AvgIpc) is 2.50. The summed E-state index contributed by atoms with van der Waals surface area (Å²) in [5.41, 5.74) is 1.69. The summed E-state index contributed by atoms with van der Waals surface area (Å²) in [6, 6.07) is 13.6. The van der Waals surface area contributed by atoms with Crippen molar-refractivity contribution in [3.8, 4) is 5.75 Å². The molecule has 0 aromatic heterocycles. The van der Waals surface area contributed by atoms with Crippen LogP contribution in [-0.2, 0) is 4.79 Å². The lowest BCUT2D eigenvalue weighted by Crippen LogP contribution is -2.20. The van der Waals surface area contributed by atoms with Gasteiger partial charge in [-0.15, -0.1) is 0 Å². The molecule has 3 nitrogen and oxygen atoms in total. The SMILES string of the molecule is O=C(CC1CCOc2ccccc21)Nc1ccc(F)cc1. The molecule has 1 aliphatic heterocycles. The maximum Gasteiger partial charge on any atom is 0.224 e. The van der Waals surface area contributed by atoms with Crippen LogP contribution in [0.1, 0.15) is 24.3 Å². The van der Waals surface area contributed by atoms with Crippen molar-refractivity contribution >= 4 is 11.6 Å². The number of rotatable bonds is 3. The molecule has 2 aromatic carbocycles. The molecule has 1 N–H and O–H groups in total. The highest BCUT2D eigenvalue weighted by Gasteiger charge is 2.23. The quantitative estimate of drug-likeness (QED) is 0.933. The summed E-state index contributed by atoms with van der Waals surface area (Å²) in [5.74, 6) is 0.647. The first kappa shape index (κ1) is 13.6. The maximum atomic E-state index is 12.8. The Hall–Kier alpha value is -2.36. The van der Waals surface area contributed by atoms with Crippen molar-refractivity contribution in [3.63, 3.8) is 0 Å². The second-order valence-corrected chi connectivity index (χ2v) is 5.13. The van der Waals surface area contributed by atoms with Crippen LogP contribution in [0.2, 0.25) is 0 Å². The molecule has 1 amide bonds. The molecule has 3 rings (SSSR count). The molecular formula is C17H16FNO2. The van der Waals surface area contributed by atoms with Crippen molar-refractivity contribution < 1.29 is 13.9 Å². The number of para-hydroxylation sites is 1. The number of amides is 1. The largest absolute Gasteiger partial charge is 0.493 e. The summed E-state index contributed by atoms with van der Waals surface area (Å²) >= 11 is 0. The lowest BCUT2D eigenvalue weighted by Gasteiger charge is -2.25. The third-order valence-corrected chi connectivity index (χ3v) is 3.64. The fourth-order valence-corrected chi connectivity index (χ4v) is 2.60. The molecular weight excluding hydrogens is 269 g/mol. The van der Waals surface area contributed by atoms with Gasteiger partial charge in [0.2, 0.25) is 5.91 Å². The van der Waals surface area contributed by atoms with Crippen molar-refractivity contribution in [1.29, 1.82) is 0 Å². The van der Waals surface area contributed by atoms with Gasteiger partial charge in [0.15, 0.2) is 0 Å². The normalized spacial score (nSPS) is 16.7. The van der Waals surface area contributed by atoms with Crippen LogP contribution in [0.25, 0.3) is 0 Å². The number of ether oxygens (including phenoxy) is 1. The second-order valence-electron chi connectivity index (χ2n) is 5.13. The molecule has 1 heterocycles. The third kappa shape index (κ3) is 3.21. The zero-order chi connectivity index (χ0) is 14.7. The first-order valence-electron chi connectivity index (χ1n) is 6.99. The average molecular weight is 285 g/mol. The summed E-state index contributed by atoms with van der Waals surface area (Å²) in [4.78, 5) is 12.1. The maximum absolute atomic E-state index is 12.8. The number of carbonyl (C=O) groups is 1. The van der Waals surface area contributed by atoms with Gasteiger partial charge in [-0.05, 0) is 48.2 Å². The number of hydrogen-bond acceptors (Lipinski definition) is 2. The van der Waals surface area contributed by atoms with Crippen LogP contribution in [0.15, 0.2) is 48.5 Å². The Morgan fingerprint density at radius 1 is 1.19 bits per heavy atom. The Labute approximate surface area is 122 Å². The summed E-state index contributed by atoms with van der Waals surface area (Å²) in [7, 11) is 0. The van der Waals surface area contributed by atoms with Crippen LogP contribution >= 0.6 is 0 Å². The van der Waals surface area contributed by atoms with E-state index in [0.29, 0.717) is 18.7 Å². The van der Waals surface area contributed by atoms with Crippen molar-refractivity contribution in [1.82, 2.24) is 0 Å². The summed E-state index contributed by atoms with van der Waals surface area (Å²) in [5, 5.41) is 2.80. The van der Waals surface area contributed by atoms with E-state index in [1.54, 1.807) is 12.1 Å². The van der Waals surface area contributed by atoms with E-state index in [2.05, 4.69) is 5.32 Å². The van der Waals surface area contributed by atoms with Crippen LogP contribution in [0.5, 0.6) is 5.75 Å². The minimum Gasteiger partial charge on any atom is -0.493 e. The molecule has 1 atom stereocenters. The van der Waals surface area contributed by atoms with Gasteiger partial charge in [-0.3, -0.25) is 4.79 Å². The molecule has 0 radical (unpaired) electrons. The molecule has 4 heteroatoms. The molecule has 21 heavy (non-hydrogen) atoms. The van der Waals surface area contributed by atoms with E-state index in [1.807, 2.05) is 24.3 Å². The zero-order valence-corrected chi connectivity index (χ0v) is 11.5. The van der Waals surface area contributed by atoms with E-state index >= 15 is 0 Å². The number of halogens is 1. The van der Waals surface area contributed by atoms with Gasteiger partial charge in [-0.25, -0.2) is 4.39 Å². The first-order valence-corrected chi connectivity index (χ1v) is 6.99. The zero-order valence-electron chi connectivity index (χ0n) is 11.5. The van der Waals surface area contributed by atoms with Crippen molar-refractivity contribution in [2.75, 3.05) is 11.9 Å². The lowest BCUT2D eigenvalue weighted by molar-refractivity contribution is -0.116. The molecule has 0 spiro atoms. The predicted octanol–water partition coefficient (Wildman–Crippen LogP) is 3.72. The monoisotopic (exact) mass is 285 g/mol. The fraction of sp³-hybridized carbons (Fsp3) is 0.235. The van der Waals surface area contributed by atoms with Gasteiger partial charge in [0.1, 0.15) is 11.6 Å². The Morgan fingerprint density at radius 3 is 2.76 bits per heavy atom. The van der Waals surface area contributed by atoms with E-state index < -0.39 is 0 Å². The second kappa shape index (κ2) is 5.95. The van der Waals surface area contributed by atoms with Crippen LogP contribution in [0.4, 0.5) is 10.1 Å². The van der Waals surface area contributed by atoms with Crippen molar-refractivity contribution in [2.45, 2.75) is 18.8 Å². The fourth-order valence-electron chi connectivity index (χ4n) is 2.60. The highest BCUT2D eigenvalue weighted by Crippen LogP contribution is 2.35. The summed E-state index contributed by atoms with van der Waals surface area (Å²) in [6.07, 6.45) is 1.23. The van der Waals surface area contributed by atoms with Crippen LogP contribution in [0.3, 0.4) is 0 Å². The number of benzene rings is 2. The number of carbonyl (C=O) groups excluding carboxylic acids is 1. The molecule has 0 fully saturated rings. The molecule has 0 saturated heterocycles. The van der Waals surface area contributed by atoms with Gasteiger partial charge in [-0.2, -0.15) is 0 Å². The topological polar surface area (TPSA) is 38.3 Å². The number of hydrogen-bond donors (Lipinski definition) is 1. The van der Waals surface area contributed by atoms with Crippen LogP contribution < -0.4 is 10.1 Å². The van der Waals surface area contributed by atoms with Gasteiger partial charge < -0.3 is 10.1 Å². The van der Waals surface area contributed by atoms with Gasteiger partial charge >= 0.3 is 0 Å². The summed E-state index contributed by atoms with van der Waals surface area (Å²) < 4.78 is 18.4. The highest BCUT2D eigenvalue weighted by atomic mass is 19.1. The standard InChI is InChI=1S/C17H16FNO2/c18-13-5-7-14(8-6-13)19-17(20)11-12-9-10-21-16-4-2-1-3-15(12)16/h1-8,12H,9-11H2,(H,19,20). The number of nitrogens with one attached hydrogen (secondary N) is 1.